The molecule has 0 aliphatic rings. The minimum absolute atomic E-state index is 0.117. The molecule has 0 spiro atoms. The number of nitrogens with one attached hydrogen (secondary N) is 2. The molecular weight excluding hydrogens is 314 g/mol. The summed E-state index contributed by atoms with van der Waals surface area (Å²) >= 11 is 5.96. The molecule has 2 N–H and O–H groups in total. The van der Waals surface area contributed by atoms with Crippen molar-refractivity contribution in [3.8, 4) is 5.75 Å². The highest BCUT2D eigenvalue weighted by Gasteiger charge is 2.07. The number of methoxy groups -OCH3 is 1. The average molecular weight is 334 g/mol. The Morgan fingerprint density at radius 3 is 2.48 bits per heavy atom. The number of carbonyl (C=O) groups excluding carboxylic acids is 1. The first-order chi connectivity index (χ1) is 11.0. The third-order valence-electron chi connectivity index (χ3n) is 3.27. The van der Waals surface area contributed by atoms with Crippen LogP contribution in [0, 0.1) is 0 Å². The molecule has 0 aromatic heterocycles. The minimum atomic E-state index is -0.148. The largest absolute Gasteiger partial charge is 0.495 e. The van der Waals surface area contributed by atoms with Gasteiger partial charge in [0.25, 0.3) is 0 Å². The number of amides is 1. The van der Waals surface area contributed by atoms with Crippen LogP contribution in [0.4, 0.5) is 17.1 Å². The number of hydrogen-bond donors (Lipinski definition) is 2. The van der Waals surface area contributed by atoms with Gasteiger partial charge >= 0.3 is 0 Å². The highest BCUT2D eigenvalue weighted by molar-refractivity contribution is 6.30. The van der Waals surface area contributed by atoms with Gasteiger partial charge in [0, 0.05) is 30.5 Å². The zero-order chi connectivity index (χ0) is 16.8. The molecular formula is C17H20ClN3O2. The smallest absolute Gasteiger partial charge is 0.243 e. The van der Waals surface area contributed by atoms with Crippen molar-refractivity contribution in [3.63, 3.8) is 0 Å². The van der Waals surface area contributed by atoms with E-state index in [0.717, 1.165) is 11.4 Å². The van der Waals surface area contributed by atoms with Gasteiger partial charge < -0.3 is 20.3 Å². The van der Waals surface area contributed by atoms with E-state index < -0.39 is 0 Å². The molecule has 0 fully saturated rings. The molecule has 0 saturated heterocycles. The summed E-state index contributed by atoms with van der Waals surface area (Å²) in [6.07, 6.45) is 0. The van der Waals surface area contributed by atoms with E-state index in [9.17, 15) is 4.79 Å². The molecule has 1 amide bonds. The van der Waals surface area contributed by atoms with E-state index in [1.807, 2.05) is 43.3 Å². The van der Waals surface area contributed by atoms with Crippen LogP contribution in [-0.4, -0.2) is 33.7 Å². The molecule has 5 nitrogen and oxygen atoms in total. The molecule has 0 radical (unpaired) electrons. The first-order valence-corrected chi connectivity index (χ1v) is 7.52. The Kier molecular flexibility index (Phi) is 5.71. The number of halogens is 1. The zero-order valence-electron chi connectivity index (χ0n) is 13.4. The molecule has 122 valence electrons. The molecule has 0 atom stereocenters. The average Bonchev–Trinajstić information content (AvgIpc) is 2.53. The molecule has 2 aromatic carbocycles. The van der Waals surface area contributed by atoms with Crippen LogP contribution >= 0.6 is 11.6 Å². The van der Waals surface area contributed by atoms with Crippen molar-refractivity contribution >= 4 is 34.6 Å². The SMILES string of the molecule is COc1ccc(Cl)cc1NCC(=O)Nc1ccc(N(C)C)cc1. The van der Waals surface area contributed by atoms with Crippen LogP contribution in [-0.2, 0) is 4.79 Å². The van der Waals surface area contributed by atoms with E-state index in [-0.39, 0.29) is 12.5 Å². The summed E-state index contributed by atoms with van der Waals surface area (Å²) in [6.45, 7) is 0.117. The number of anilines is 3. The Bertz CT molecular complexity index is 672. The molecule has 23 heavy (non-hydrogen) atoms. The molecule has 0 bridgehead atoms. The summed E-state index contributed by atoms with van der Waals surface area (Å²) in [4.78, 5) is 14.0. The second-order valence-corrected chi connectivity index (χ2v) is 5.62. The lowest BCUT2D eigenvalue weighted by Crippen LogP contribution is -2.22. The molecule has 2 aromatic rings. The highest BCUT2D eigenvalue weighted by atomic mass is 35.5. The molecule has 0 saturated carbocycles. The lowest BCUT2D eigenvalue weighted by atomic mass is 10.2. The lowest BCUT2D eigenvalue weighted by molar-refractivity contribution is -0.114. The third-order valence-corrected chi connectivity index (χ3v) is 3.50. The predicted molar refractivity (Wildman–Crippen MR) is 95.9 cm³/mol. The third kappa shape index (κ3) is 4.79. The summed E-state index contributed by atoms with van der Waals surface area (Å²) < 4.78 is 5.23. The van der Waals surface area contributed by atoms with Gasteiger partial charge in [-0.15, -0.1) is 0 Å². The van der Waals surface area contributed by atoms with Gasteiger partial charge in [-0.3, -0.25) is 4.79 Å². The minimum Gasteiger partial charge on any atom is -0.495 e. The summed E-state index contributed by atoms with van der Waals surface area (Å²) in [5, 5.41) is 6.44. The first-order valence-electron chi connectivity index (χ1n) is 7.14. The second kappa shape index (κ2) is 7.74. The highest BCUT2D eigenvalue weighted by Crippen LogP contribution is 2.27. The Balaban J connectivity index is 1.94. The van der Waals surface area contributed by atoms with Gasteiger partial charge in [-0.2, -0.15) is 0 Å². The van der Waals surface area contributed by atoms with Gasteiger partial charge in [-0.05, 0) is 42.5 Å². The van der Waals surface area contributed by atoms with Crippen molar-refractivity contribution in [2.75, 3.05) is 43.3 Å². The van der Waals surface area contributed by atoms with Crippen molar-refractivity contribution < 1.29 is 9.53 Å². The van der Waals surface area contributed by atoms with E-state index in [2.05, 4.69) is 10.6 Å². The van der Waals surface area contributed by atoms with Crippen LogP contribution in [0.5, 0.6) is 5.75 Å². The van der Waals surface area contributed by atoms with E-state index in [0.29, 0.717) is 16.5 Å². The monoisotopic (exact) mass is 333 g/mol. The second-order valence-electron chi connectivity index (χ2n) is 5.19. The number of ether oxygens (including phenoxy) is 1. The van der Waals surface area contributed by atoms with Crippen LogP contribution in [0.15, 0.2) is 42.5 Å². The van der Waals surface area contributed by atoms with E-state index in [4.69, 9.17) is 16.3 Å². The summed E-state index contributed by atoms with van der Waals surface area (Å²) in [5.41, 5.74) is 2.50. The van der Waals surface area contributed by atoms with Crippen molar-refractivity contribution in [1.82, 2.24) is 0 Å². The van der Waals surface area contributed by atoms with Crippen molar-refractivity contribution in [2.24, 2.45) is 0 Å². The lowest BCUT2D eigenvalue weighted by Gasteiger charge is -2.14. The Morgan fingerprint density at radius 1 is 1.17 bits per heavy atom. The van der Waals surface area contributed by atoms with Crippen LogP contribution in [0.3, 0.4) is 0 Å². The fourth-order valence-electron chi connectivity index (χ4n) is 2.04. The van der Waals surface area contributed by atoms with Gasteiger partial charge in [0.05, 0.1) is 19.3 Å². The van der Waals surface area contributed by atoms with Crippen molar-refractivity contribution in [1.29, 1.82) is 0 Å². The maximum absolute atomic E-state index is 12.0. The van der Waals surface area contributed by atoms with E-state index in [1.54, 1.807) is 25.3 Å². The Hall–Kier alpha value is -2.40. The molecule has 6 heteroatoms. The van der Waals surface area contributed by atoms with E-state index >= 15 is 0 Å². The summed E-state index contributed by atoms with van der Waals surface area (Å²) in [7, 11) is 5.51. The Morgan fingerprint density at radius 2 is 1.87 bits per heavy atom. The van der Waals surface area contributed by atoms with Crippen LogP contribution in [0.1, 0.15) is 0 Å². The standard InChI is InChI=1S/C17H20ClN3O2/c1-21(2)14-7-5-13(6-8-14)20-17(22)11-19-15-10-12(18)4-9-16(15)23-3/h4-10,19H,11H2,1-3H3,(H,20,22). The molecule has 0 unspecified atom stereocenters. The summed E-state index contributed by atoms with van der Waals surface area (Å²) in [5.74, 6) is 0.488. The van der Waals surface area contributed by atoms with E-state index in [1.165, 1.54) is 0 Å². The number of benzene rings is 2. The zero-order valence-corrected chi connectivity index (χ0v) is 14.1. The fourth-order valence-corrected chi connectivity index (χ4v) is 2.21. The maximum Gasteiger partial charge on any atom is 0.243 e. The maximum atomic E-state index is 12.0. The van der Waals surface area contributed by atoms with Crippen molar-refractivity contribution in [2.45, 2.75) is 0 Å². The van der Waals surface area contributed by atoms with Gasteiger partial charge in [0.2, 0.25) is 5.91 Å². The van der Waals surface area contributed by atoms with Crippen LogP contribution in [0.2, 0.25) is 5.02 Å². The van der Waals surface area contributed by atoms with Crippen molar-refractivity contribution in [3.05, 3.63) is 47.5 Å². The quantitative estimate of drug-likeness (QED) is 0.850. The molecule has 0 heterocycles. The van der Waals surface area contributed by atoms with Gasteiger partial charge in [-0.25, -0.2) is 0 Å². The molecule has 0 aliphatic heterocycles. The van der Waals surface area contributed by atoms with Gasteiger partial charge in [0.15, 0.2) is 0 Å². The van der Waals surface area contributed by atoms with Gasteiger partial charge in [0.1, 0.15) is 5.75 Å². The molecule has 0 aliphatic carbocycles. The normalized spacial score (nSPS) is 10.1. The molecule has 2 rings (SSSR count). The first kappa shape index (κ1) is 17.0. The van der Waals surface area contributed by atoms with Gasteiger partial charge in [-0.1, -0.05) is 11.6 Å². The Labute approximate surface area is 141 Å². The number of carbonyl (C=O) groups is 1. The number of rotatable bonds is 6. The fraction of sp³-hybridized carbons (Fsp3) is 0.235. The summed E-state index contributed by atoms with van der Waals surface area (Å²) in [6, 6.07) is 12.8. The van der Waals surface area contributed by atoms with Crippen LogP contribution < -0.4 is 20.3 Å². The number of nitrogens with zero attached hydrogens (tertiary/aromatic N) is 1. The topological polar surface area (TPSA) is 53.6 Å². The predicted octanol–water partition coefficient (Wildman–Crippen LogP) is 3.47. The number of hydrogen-bond acceptors (Lipinski definition) is 4. The van der Waals surface area contributed by atoms with Crippen LogP contribution in [0.25, 0.3) is 0 Å².